The number of carbonyl (C=O) groups is 1. The number of carbonyl (C=O) groups excluding carboxylic acids is 1. The minimum atomic E-state index is -0.608. The van der Waals surface area contributed by atoms with Crippen molar-refractivity contribution in [3.63, 3.8) is 0 Å². The lowest BCUT2D eigenvalue weighted by Gasteiger charge is -2.16. The summed E-state index contributed by atoms with van der Waals surface area (Å²) in [6.45, 7) is 0.0914. The second kappa shape index (κ2) is 7.47. The van der Waals surface area contributed by atoms with Crippen LogP contribution in [-0.4, -0.2) is 27.0 Å². The van der Waals surface area contributed by atoms with Crippen molar-refractivity contribution in [2.75, 3.05) is 21.0 Å². The minimum absolute atomic E-state index is 0.0914. The highest BCUT2D eigenvalue weighted by molar-refractivity contribution is 9.11. The molecule has 0 aliphatic heterocycles. The van der Waals surface area contributed by atoms with E-state index < -0.39 is 10.8 Å². The van der Waals surface area contributed by atoms with Crippen molar-refractivity contribution in [3.8, 4) is 5.75 Å². The SMILES string of the molecule is COCOc1c(Br)cc(Br)cc1C(Br)C(=O)OC. The minimum Gasteiger partial charge on any atom is -0.468 e. The predicted molar refractivity (Wildman–Crippen MR) is 78.0 cm³/mol. The molecule has 0 N–H and O–H groups in total. The molecule has 0 aliphatic rings. The fraction of sp³-hybridized carbons (Fsp3) is 0.364. The van der Waals surface area contributed by atoms with Crippen molar-refractivity contribution >= 4 is 53.8 Å². The van der Waals surface area contributed by atoms with Gasteiger partial charge in [-0.05, 0) is 28.1 Å². The van der Waals surface area contributed by atoms with Crippen LogP contribution in [0, 0.1) is 0 Å². The number of hydrogen-bond acceptors (Lipinski definition) is 4. The molecule has 7 heteroatoms. The van der Waals surface area contributed by atoms with E-state index in [0.717, 1.165) is 8.95 Å². The highest BCUT2D eigenvalue weighted by atomic mass is 79.9. The molecular formula is C11H11Br3O4. The predicted octanol–water partition coefficient (Wildman–Crippen LogP) is 3.80. The van der Waals surface area contributed by atoms with Crippen LogP contribution in [0.5, 0.6) is 5.75 Å². The van der Waals surface area contributed by atoms with Crippen molar-refractivity contribution in [2.24, 2.45) is 0 Å². The van der Waals surface area contributed by atoms with Crippen molar-refractivity contribution in [3.05, 3.63) is 26.6 Å². The maximum Gasteiger partial charge on any atom is 0.324 e. The van der Waals surface area contributed by atoms with Crippen LogP contribution >= 0.6 is 47.8 Å². The summed E-state index contributed by atoms with van der Waals surface area (Å²) in [6.07, 6.45) is 0. The molecule has 1 aromatic rings. The Hall–Kier alpha value is -0.110. The third kappa shape index (κ3) is 3.94. The van der Waals surface area contributed by atoms with Gasteiger partial charge in [0.05, 0.1) is 11.6 Å². The Morgan fingerprint density at radius 1 is 1.33 bits per heavy atom. The maximum absolute atomic E-state index is 11.6. The number of ether oxygens (including phenoxy) is 3. The Balaban J connectivity index is 3.17. The zero-order valence-corrected chi connectivity index (χ0v) is 14.5. The first-order valence-corrected chi connectivity index (χ1v) is 7.34. The molecule has 0 bridgehead atoms. The molecule has 0 amide bonds. The van der Waals surface area contributed by atoms with E-state index in [1.807, 2.05) is 6.07 Å². The molecule has 1 unspecified atom stereocenters. The van der Waals surface area contributed by atoms with E-state index in [4.69, 9.17) is 14.2 Å². The first-order valence-electron chi connectivity index (χ1n) is 4.83. The zero-order chi connectivity index (χ0) is 13.7. The molecular weight excluding hydrogens is 436 g/mol. The Bertz CT molecular complexity index is 437. The monoisotopic (exact) mass is 444 g/mol. The summed E-state index contributed by atoms with van der Waals surface area (Å²) in [7, 11) is 2.86. The molecule has 0 fully saturated rings. The summed E-state index contributed by atoms with van der Waals surface area (Å²) in [5.74, 6) is 0.134. The van der Waals surface area contributed by atoms with Gasteiger partial charge < -0.3 is 14.2 Å². The molecule has 1 atom stereocenters. The molecule has 0 radical (unpaired) electrons. The van der Waals surface area contributed by atoms with Crippen molar-refractivity contribution in [1.29, 1.82) is 0 Å². The Kier molecular flexibility index (Phi) is 6.62. The molecule has 0 heterocycles. The third-order valence-electron chi connectivity index (χ3n) is 2.04. The number of rotatable bonds is 5. The van der Waals surface area contributed by atoms with Crippen LogP contribution in [0.2, 0.25) is 0 Å². The molecule has 4 nitrogen and oxygen atoms in total. The van der Waals surface area contributed by atoms with Crippen LogP contribution < -0.4 is 4.74 Å². The van der Waals surface area contributed by atoms with Gasteiger partial charge in [0.2, 0.25) is 0 Å². The average Bonchev–Trinajstić information content (AvgIpc) is 2.35. The number of esters is 1. The van der Waals surface area contributed by atoms with E-state index >= 15 is 0 Å². The number of alkyl halides is 1. The molecule has 18 heavy (non-hydrogen) atoms. The summed E-state index contributed by atoms with van der Waals surface area (Å²) in [5.41, 5.74) is 0.653. The molecule has 0 saturated carbocycles. The maximum atomic E-state index is 11.6. The van der Waals surface area contributed by atoms with Crippen LogP contribution in [0.25, 0.3) is 0 Å². The summed E-state index contributed by atoms with van der Waals surface area (Å²) in [5, 5.41) is 0. The molecule has 1 aromatic carbocycles. The fourth-order valence-electron chi connectivity index (χ4n) is 1.27. The molecule has 100 valence electrons. The van der Waals surface area contributed by atoms with Gasteiger partial charge in [0, 0.05) is 17.1 Å². The van der Waals surface area contributed by atoms with E-state index in [2.05, 4.69) is 47.8 Å². The smallest absolute Gasteiger partial charge is 0.324 e. The van der Waals surface area contributed by atoms with Crippen LogP contribution in [0.1, 0.15) is 10.4 Å². The molecule has 1 rings (SSSR count). The topological polar surface area (TPSA) is 44.8 Å². The lowest BCUT2D eigenvalue weighted by Crippen LogP contribution is -2.11. The van der Waals surface area contributed by atoms with E-state index in [9.17, 15) is 4.79 Å². The van der Waals surface area contributed by atoms with Gasteiger partial charge in [0.1, 0.15) is 10.6 Å². The van der Waals surface area contributed by atoms with Crippen LogP contribution in [-0.2, 0) is 14.3 Å². The zero-order valence-electron chi connectivity index (χ0n) is 9.71. The highest BCUT2D eigenvalue weighted by Crippen LogP contribution is 2.39. The first kappa shape index (κ1) is 15.9. The molecule has 0 aromatic heterocycles. The van der Waals surface area contributed by atoms with Gasteiger partial charge in [-0.3, -0.25) is 4.79 Å². The van der Waals surface area contributed by atoms with Gasteiger partial charge in [-0.15, -0.1) is 0 Å². The average molecular weight is 447 g/mol. The van der Waals surface area contributed by atoms with Crippen molar-refractivity contribution < 1.29 is 19.0 Å². The second-order valence-corrected chi connectivity index (χ2v) is 5.93. The first-order chi connectivity index (χ1) is 8.51. The summed E-state index contributed by atoms with van der Waals surface area (Å²) >= 11 is 10.0. The van der Waals surface area contributed by atoms with Crippen molar-refractivity contribution in [1.82, 2.24) is 0 Å². The lowest BCUT2D eigenvalue weighted by molar-refractivity contribution is -0.139. The molecule has 0 aliphatic carbocycles. The van der Waals surface area contributed by atoms with Gasteiger partial charge >= 0.3 is 5.97 Å². The number of benzene rings is 1. The Labute approximate surface area is 130 Å². The standard InChI is InChI=1S/C11H11Br3O4/c1-16-5-18-10-7(9(14)11(15)17-2)3-6(12)4-8(10)13/h3-4,9H,5H2,1-2H3. The molecule has 0 saturated heterocycles. The van der Waals surface area contributed by atoms with Crippen molar-refractivity contribution in [2.45, 2.75) is 4.83 Å². The number of methoxy groups -OCH3 is 2. The highest BCUT2D eigenvalue weighted by Gasteiger charge is 2.24. The van der Waals surface area contributed by atoms with E-state index in [1.165, 1.54) is 14.2 Å². The van der Waals surface area contributed by atoms with Gasteiger partial charge in [-0.2, -0.15) is 0 Å². The van der Waals surface area contributed by atoms with Gasteiger partial charge in [-0.25, -0.2) is 0 Å². The third-order valence-corrected chi connectivity index (χ3v) is 3.95. The Morgan fingerprint density at radius 2 is 2.00 bits per heavy atom. The van der Waals surface area contributed by atoms with Gasteiger partial charge in [0.15, 0.2) is 6.79 Å². The van der Waals surface area contributed by atoms with E-state index in [0.29, 0.717) is 11.3 Å². The van der Waals surface area contributed by atoms with Crippen LogP contribution in [0.15, 0.2) is 21.1 Å². The number of hydrogen-bond donors (Lipinski definition) is 0. The number of halogens is 3. The second-order valence-electron chi connectivity index (χ2n) is 3.24. The van der Waals surface area contributed by atoms with Gasteiger partial charge in [-0.1, -0.05) is 31.9 Å². The van der Waals surface area contributed by atoms with Crippen LogP contribution in [0.3, 0.4) is 0 Å². The quantitative estimate of drug-likeness (QED) is 0.392. The summed E-state index contributed by atoms with van der Waals surface area (Å²) < 4.78 is 16.6. The largest absolute Gasteiger partial charge is 0.468 e. The summed E-state index contributed by atoms with van der Waals surface area (Å²) in [4.78, 5) is 11.0. The van der Waals surface area contributed by atoms with E-state index in [1.54, 1.807) is 6.07 Å². The Morgan fingerprint density at radius 3 is 2.56 bits per heavy atom. The van der Waals surface area contributed by atoms with Gasteiger partial charge in [0.25, 0.3) is 0 Å². The normalized spacial score (nSPS) is 12.1. The van der Waals surface area contributed by atoms with Crippen LogP contribution in [0.4, 0.5) is 0 Å². The lowest BCUT2D eigenvalue weighted by atomic mass is 10.1. The fourth-order valence-corrected chi connectivity index (χ4v) is 3.17. The molecule has 0 spiro atoms. The summed E-state index contributed by atoms with van der Waals surface area (Å²) in [6, 6.07) is 3.61. The van der Waals surface area contributed by atoms with E-state index in [-0.39, 0.29) is 6.79 Å².